The van der Waals surface area contributed by atoms with E-state index in [1.807, 2.05) is 21.2 Å². The molecule has 0 aliphatic carbocycles. The summed E-state index contributed by atoms with van der Waals surface area (Å²) in [6.45, 7) is 8.49. The third-order valence-corrected chi connectivity index (χ3v) is 5.06. The molecular formula is C21H26FIN2O3S. The highest BCUT2D eigenvalue weighted by Gasteiger charge is 2.37. The van der Waals surface area contributed by atoms with Crippen LogP contribution in [0.2, 0.25) is 0 Å². The van der Waals surface area contributed by atoms with E-state index in [0.717, 1.165) is 16.7 Å². The number of rotatable bonds is 4. The molecule has 1 amide bonds. The van der Waals surface area contributed by atoms with Gasteiger partial charge in [-0.3, -0.25) is 9.93 Å². The lowest BCUT2D eigenvalue weighted by Crippen LogP contribution is -2.47. The molecule has 0 aromatic heterocycles. The molecule has 0 saturated carbocycles. The first-order chi connectivity index (χ1) is 14.0. The fourth-order valence-electron chi connectivity index (χ4n) is 3.68. The first-order valence-corrected chi connectivity index (χ1v) is 12.7. The van der Waals surface area contributed by atoms with Crippen molar-refractivity contribution in [3.8, 4) is 0 Å². The second-order valence-corrected chi connectivity index (χ2v) is 8.47. The van der Waals surface area contributed by atoms with E-state index in [-0.39, 0.29) is 24.4 Å². The van der Waals surface area contributed by atoms with Crippen molar-refractivity contribution in [2.75, 3.05) is 13.2 Å². The molecular weight excluding hydrogens is 506 g/mol. The van der Waals surface area contributed by atoms with E-state index < -0.39 is 12.2 Å². The fraction of sp³-hybridized carbons (Fsp3) is 0.381. The van der Waals surface area contributed by atoms with Gasteiger partial charge in [-0.25, -0.2) is 4.39 Å². The molecule has 2 heterocycles. The smallest absolute Gasteiger partial charge is 0.252 e. The van der Waals surface area contributed by atoms with Gasteiger partial charge in [-0.05, 0) is 57.2 Å². The average Bonchev–Trinajstić information content (AvgIpc) is 2.74. The van der Waals surface area contributed by atoms with Gasteiger partial charge < -0.3 is 14.7 Å². The molecule has 3 rings (SSSR count). The molecule has 0 radical (unpaired) electrons. The normalized spacial score (nSPS) is 24.4. The number of amides is 1. The quantitative estimate of drug-likeness (QED) is 0.448. The van der Waals surface area contributed by atoms with Gasteiger partial charge in [0.25, 0.3) is 5.91 Å². The topological polar surface area (TPSA) is 75.8 Å². The van der Waals surface area contributed by atoms with Crippen LogP contribution >= 0.6 is 30.3 Å². The minimum Gasteiger partial charge on any atom is -0.391 e. The molecule has 29 heavy (non-hydrogen) atoms. The van der Waals surface area contributed by atoms with Gasteiger partial charge in [-0.2, -0.15) is 0 Å². The maximum atomic E-state index is 13.4. The Hall–Kier alpha value is -1.20. The SMILES string of the molecule is C=CC1=C(C=C)[C@H](c2ccc(F)cc2)N(C(=O)[C@H]2CCC(O)CO2)CC1.NSI. The van der Waals surface area contributed by atoms with Gasteiger partial charge in [0.1, 0.15) is 11.9 Å². The van der Waals surface area contributed by atoms with E-state index in [1.54, 1.807) is 29.2 Å². The van der Waals surface area contributed by atoms with Crippen LogP contribution in [0.25, 0.3) is 0 Å². The standard InChI is InChI=1S/C21H24FNO3.H2INS/c1-3-14-11-12-23(21(25)19-10-9-17(24)13-26-19)20(18(14)4-2)15-5-7-16(22)8-6-15;1-3-2/h3-8,17,19-20,24H,1-2,9-13H2;2H2/t17?,19-,20+;/m1./s1. The van der Waals surface area contributed by atoms with Crippen molar-refractivity contribution in [2.45, 2.75) is 37.5 Å². The molecule has 3 N–H and O–H groups in total. The lowest BCUT2D eigenvalue weighted by atomic mass is 9.87. The number of hydrogen-bond acceptors (Lipinski definition) is 5. The average molecular weight is 532 g/mol. The van der Waals surface area contributed by atoms with Gasteiger partial charge in [0, 0.05) is 27.8 Å². The monoisotopic (exact) mass is 532 g/mol. The molecule has 2 aliphatic rings. The maximum absolute atomic E-state index is 13.4. The Labute approximate surface area is 187 Å². The Bertz CT molecular complexity index is 749. The van der Waals surface area contributed by atoms with E-state index in [2.05, 4.69) is 13.2 Å². The Balaban J connectivity index is 0.000000941. The summed E-state index contributed by atoms with van der Waals surface area (Å²) in [4.78, 5) is 14.9. The summed E-state index contributed by atoms with van der Waals surface area (Å²) < 4.78 is 19.0. The second-order valence-electron chi connectivity index (χ2n) is 6.77. The predicted octanol–water partition coefficient (Wildman–Crippen LogP) is 4.25. The van der Waals surface area contributed by atoms with Gasteiger partial charge in [-0.15, -0.1) is 0 Å². The van der Waals surface area contributed by atoms with Crippen LogP contribution in [0.4, 0.5) is 4.39 Å². The van der Waals surface area contributed by atoms with E-state index in [9.17, 15) is 14.3 Å². The number of halogens is 2. The molecule has 3 atom stereocenters. The lowest BCUT2D eigenvalue weighted by Gasteiger charge is -2.40. The summed E-state index contributed by atoms with van der Waals surface area (Å²) in [7, 11) is 1.22. The number of allylic oxidation sites excluding steroid dienone is 1. The molecule has 1 unspecified atom stereocenters. The summed E-state index contributed by atoms with van der Waals surface area (Å²) >= 11 is 1.98. The predicted molar refractivity (Wildman–Crippen MR) is 124 cm³/mol. The molecule has 8 heteroatoms. The van der Waals surface area contributed by atoms with Crippen LogP contribution in [0.5, 0.6) is 0 Å². The minimum atomic E-state index is -0.558. The Morgan fingerprint density at radius 1 is 1.31 bits per heavy atom. The largest absolute Gasteiger partial charge is 0.391 e. The third kappa shape index (κ3) is 6.14. The molecule has 1 aromatic rings. The first kappa shape index (κ1) is 24.1. The summed E-state index contributed by atoms with van der Waals surface area (Å²) in [5.41, 5.74) is 2.77. The van der Waals surface area contributed by atoms with Gasteiger partial charge in [0.15, 0.2) is 0 Å². The van der Waals surface area contributed by atoms with Crippen LogP contribution < -0.4 is 5.14 Å². The highest BCUT2D eigenvalue weighted by atomic mass is 127. The van der Waals surface area contributed by atoms with Crippen LogP contribution in [0.15, 0.2) is 60.7 Å². The van der Waals surface area contributed by atoms with Crippen molar-refractivity contribution < 1.29 is 19.0 Å². The van der Waals surface area contributed by atoms with Crippen molar-refractivity contribution in [2.24, 2.45) is 5.14 Å². The number of aliphatic hydroxyl groups is 1. The second kappa shape index (κ2) is 11.8. The highest BCUT2D eigenvalue weighted by molar-refractivity contribution is 14.2. The number of nitrogens with zero attached hydrogens (tertiary/aromatic N) is 1. The van der Waals surface area contributed by atoms with Crippen LogP contribution in [0.1, 0.15) is 30.9 Å². The molecule has 0 spiro atoms. The van der Waals surface area contributed by atoms with Gasteiger partial charge in [0.2, 0.25) is 0 Å². The maximum Gasteiger partial charge on any atom is 0.252 e. The van der Waals surface area contributed by atoms with E-state index >= 15 is 0 Å². The Morgan fingerprint density at radius 3 is 2.48 bits per heavy atom. The Morgan fingerprint density at radius 2 is 1.97 bits per heavy atom. The number of aliphatic hydroxyl groups excluding tert-OH is 1. The summed E-state index contributed by atoms with van der Waals surface area (Å²) in [5, 5.41) is 14.4. The molecule has 0 bridgehead atoms. The number of benzene rings is 1. The van der Waals surface area contributed by atoms with E-state index in [1.165, 1.54) is 21.3 Å². The van der Waals surface area contributed by atoms with Crippen molar-refractivity contribution >= 4 is 36.2 Å². The van der Waals surface area contributed by atoms with Gasteiger partial charge in [0.05, 0.1) is 18.8 Å². The molecule has 1 aromatic carbocycles. The number of ether oxygens (including phenoxy) is 1. The van der Waals surface area contributed by atoms with Crippen molar-refractivity contribution in [3.63, 3.8) is 0 Å². The zero-order chi connectivity index (χ0) is 21.4. The van der Waals surface area contributed by atoms with Crippen LogP contribution in [-0.2, 0) is 9.53 Å². The summed E-state index contributed by atoms with van der Waals surface area (Å²) in [6.07, 6.45) is 4.20. The number of nitrogens with two attached hydrogens (primary N) is 1. The van der Waals surface area contributed by atoms with Gasteiger partial charge in [-0.1, -0.05) is 37.4 Å². The van der Waals surface area contributed by atoms with Crippen LogP contribution in [0, 0.1) is 5.82 Å². The fourth-order valence-corrected chi connectivity index (χ4v) is 3.68. The first-order valence-electron chi connectivity index (χ1n) is 9.27. The van der Waals surface area contributed by atoms with E-state index in [4.69, 9.17) is 9.88 Å². The molecule has 158 valence electrons. The lowest BCUT2D eigenvalue weighted by molar-refractivity contribution is -0.153. The number of hydrogen-bond donors (Lipinski definition) is 2. The molecule has 5 nitrogen and oxygen atoms in total. The van der Waals surface area contributed by atoms with Crippen LogP contribution in [0.3, 0.4) is 0 Å². The minimum absolute atomic E-state index is 0.103. The van der Waals surface area contributed by atoms with Crippen molar-refractivity contribution in [1.82, 2.24) is 4.90 Å². The van der Waals surface area contributed by atoms with Gasteiger partial charge >= 0.3 is 0 Å². The number of carbonyl (C=O) groups excluding carboxylic acids is 1. The zero-order valence-corrected chi connectivity index (χ0v) is 19.1. The molecule has 2 aliphatic heterocycles. The van der Waals surface area contributed by atoms with Crippen LogP contribution in [-0.4, -0.2) is 41.3 Å². The van der Waals surface area contributed by atoms with Crippen molar-refractivity contribution in [1.29, 1.82) is 0 Å². The molecule has 1 saturated heterocycles. The zero-order valence-electron chi connectivity index (χ0n) is 16.1. The summed E-state index contributed by atoms with van der Waals surface area (Å²) in [6, 6.07) is 5.84. The Kier molecular flexibility index (Phi) is 9.84. The third-order valence-electron chi connectivity index (χ3n) is 5.06. The highest BCUT2D eigenvalue weighted by Crippen LogP contribution is 2.38. The van der Waals surface area contributed by atoms with Crippen molar-refractivity contribution in [3.05, 3.63) is 72.1 Å². The molecule has 1 fully saturated rings. The summed E-state index contributed by atoms with van der Waals surface area (Å²) in [5.74, 6) is -0.422. The number of carbonyl (C=O) groups is 1. The van der Waals surface area contributed by atoms with E-state index in [0.29, 0.717) is 25.8 Å².